The van der Waals surface area contributed by atoms with Crippen LogP contribution in [-0.2, 0) is 27.0 Å². The molecule has 27 heavy (non-hydrogen) atoms. The monoisotopic (exact) mass is 422 g/mol. The van der Waals surface area contributed by atoms with Gasteiger partial charge in [0.15, 0.2) is 6.61 Å². The zero-order valence-corrected chi connectivity index (χ0v) is 15.5. The number of rotatable bonds is 6. The number of halogens is 4. The van der Waals surface area contributed by atoms with Gasteiger partial charge >= 0.3 is 17.0 Å². The standard InChI is InChI=1S/C16H14ClF3N2O4S/c1-9-8-27-15(25)22(9)5-4-14(24)26-7-13(23)21-12-6-10(16(18,19)20)2-3-11(12)17/h2-3,6,8H,4-5,7H2,1H3,(H,21,23). The molecule has 6 nitrogen and oxygen atoms in total. The Morgan fingerprint density at radius 2 is 2.04 bits per heavy atom. The summed E-state index contributed by atoms with van der Waals surface area (Å²) in [5, 5.41) is 3.73. The van der Waals surface area contributed by atoms with Crippen molar-refractivity contribution in [2.75, 3.05) is 11.9 Å². The molecule has 0 aliphatic carbocycles. The average Bonchev–Trinajstić information content (AvgIpc) is 2.90. The highest BCUT2D eigenvalue weighted by Gasteiger charge is 2.31. The Kier molecular flexibility index (Phi) is 6.66. The number of aryl methyl sites for hydroxylation is 1. The third-order valence-corrected chi connectivity index (χ3v) is 4.66. The van der Waals surface area contributed by atoms with Crippen LogP contribution in [0.3, 0.4) is 0 Å². The zero-order chi connectivity index (χ0) is 20.2. The average molecular weight is 423 g/mol. The molecule has 0 spiro atoms. The van der Waals surface area contributed by atoms with E-state index in [-0.39, 0.29) is 28.5 Å². The number of esters is 1. The first-order valence-electron chi connectivity index (χ1n) is 7.55. The summed E-state index contributed by atoms with van der Waals surface area (Å²) in [5.41, 5.74) is -0.515. The van der Waals surface area contributed by atoms with Crippen molar-refractivity contribution in [3.63, 3.8) is 0 Å². The number of amides is 1. The van der Waals surface area contributed by atoms with E-state index >= 15 is 0 Å². The number of carbonyl (C=O) groups is 2. The normalized spacial score (nSPS) is 11.3. The molecule has 0 aliphatic rings. The smallest absolute Gasteiger partial charge is 0.416 e. The fraction of sp³-hybridized carbons (Fsp3) is 0.312. The lowest BCUT2D eigenvalue weighted by atomic mass is 10.2. The van der Waals surface area contributed by atoms with Crippen molar-refractivity contribution < 1.29 is 27.5 Å². The highest BCUT2D eigenvalue weighted by Crippen LogP contribution is 2.33. The number of benzene rings is 1. The fourth-order valence-electron chi connectivity index (χ4n) is 2.08. The molecule has 0 bridgehead atoms. The van der Waals surface area contributed by atoms with Crippen LogP contribution < -0.4 is 10.2 Å². The number of nitrogens with zero attached hydrogens (tertiary/aromatic N) is 1. The van der Waals surface area contributed by atoms with Gasteiger partial charge in [0, 0.05) is 17.6 Å². The maximum Gasteiger partial charge on any atom is 0.416 e. The van der Waals surface area contributed by atoms with Crippen LogP contribution in [-0.4, -0.2) is 23.1 Å². The van der Waals surface area contributed by atoms with E-state index in [0.29, 0.717) is 11.8 Å². The van der Waals surface area contributed by atoms with Crippen LogP contribution in [0.5, 0.6) is 0 Å². The van der Waals surface area contributed by atoms with Crippen LogP contribution in [0.4, 0.5) is 18.9 Å². The Morgan fingerprint density at radius 1 is 1.33 bits per heavy atom. The molecular weight excluding hydrogens is 409 g/mol. The molecule has 0 unspecified atom stereocenters. The Bertz CT molecular complexity index is 908. The first-order valence-corrected chi connectivity index (χ1v) is 8.81. The first-order chi connectivity index (χ1) is 12.6. The van der Waals surface area contributed by atoms with Crippen LogP contribution in [0.25, 0.3) is 0 Å². The molecule has 146 valence electrons. The van der Waals surface area contributed by atoms with E-state index in [2.05, 4.69) is 5.32 Å². The fourth-order valence-corrected chi connectivity index (χ4v) is 3.01. The number of aromatic nitrogens is 1. The van der Waals surface area contributed by atoms with E-state index in [4.69, 9.17) is 16.3 Å². The van der Waals surface area contributed by atoms with Crippen molar-refractivity contribution in [3.8, 4) is 0 Å². The molecule has 0 fully saturated rings. The molecule has 2 rings (SSSR count). The molecule has 2 aromatic rings. The summed E-state index contributed by atoms with van der Waals surface area (Å²) in [5.74, 6) is -1.56. The maximum atomic E-state index is 12.7. The topological polar surface area (TPSA) is 77.4 Å². The zero-order valence-electron chi connectivity index (χ0n) is 13.9. The molecule has 1 heterocycles. The Labute approximate surface area is 160 Å². The highest BCUT2D eigenvalue weighted by molar-refractivity contribution is 7.07. The molecule has 1 aromatic carbocycles. The Morgan fingerprint density at radius 3 is 2.63 bits per heavy atom. The van der Waals surface area contributed by atoms with Gasteiger partial charge in [0.25, 0.3) is 5.91 Å². The quantitative estimate of drug-likeness (QED) is 0.723. The lowest BCUT2D eigenvalue weighted by Crippen LogP contribution is -2.23. The Hall–Kier alpha value is -2.33. The summed E-state index contributed by atoms with van der Waals surface area (Å²) in [6.45, 7) is 1.13. The van der Waals surface area contributed by atoms with Gasteiger partial charge in [-0.15, -0.1) is 0 Å². The van der Waals surface area contributed by atoms with Crippen LogP contribution in [0.15, 0.2) is 28.4 Å². The second kappa shape index (κ2) is 8.57. The lowest BCUT2D eigenvalue weighted by molar-refractivity contribution is -0.147. The lowest BCUT2D eigenvalue weighted by Gasteiger charge is -2.12. The van der Waals surface area contributed by atoms with Crippen molar-refractivity contribution >= 4 is 40.5 Å². The van der Waals surface area contributed by atoms with Crippen molar-refractivity contribution in [2.45, 2.75) is 26.1 Å². The minimum absolute atomic E-state index is 0.0880. The van der Waals surface area contributed by atoms with Gasteiger partial charge in [-0.1, -0.05) is 22.9 Å². The number of nitrogens with one attached hydrogen (secondary N) is 1. The van der Waals surface area contributed by atoms with Crippen molar-refractivity contribution in [2.24, 2.45) is 0 Å². The van der Waals surface area contributed by atoms with Crippen molar-refractivity contribution in [3.05, 3.63) is 49.5 Å². The van der Waals surface area contributed by atoms with Gasteiger partial charge in [0.05, 0.1) is 22.7 Å². The Balaban J connectivity index is 1.87. The second-order valence-corrected chi connectivity index (χ2v) is 6.67. The maximum absolute atomic E-state index is 12.7. The molecular formula is C16H14ClF3N2O4S. The van der Waals surface area contributed by atoms with Gasteiger partial charge < -0.3 is 14.6 Å². The van der Waals surface area contributed by atoms with Crippen molar-refractivity contribution in [1.29, 1.82) is 0 Å². The summed E-state index contributed by atoms with van der Waals surface area (Å²) >= 11 is 6.77. The number of alkyl halides is 3. The summed E-state index contributed by atoms with van der Waals surface area (Å²) < 4.78 is 44.3. The van der Waals surface area contributed by atoms with Crippen LogP contribution in [0.1, 0.15) is 17.7 Å². The van der Waals surface area contributed by atoms with Crippen LogP contribution in [0, 0.1) is 6.92 Å². The molecule has 11 heteroatoms. The summed E-state index contributed by atoms with van der Waals surface area (Å²) in [6.07, 6.45) is -4.72. The number of hydrogen-bond acceptors (Lipinski definition) is 5. The number of carbonyl (C=O) groups excluding carboxylic acids is 2. The van der Waals surface area contributed by atoms with E-state index in [1.165, 1.54) is 4.57 Å². The molecule has 1 aromatic heterocycles. The van der Waals surface area contributed by atoms with Crippen LogP contribution >= 0.6 is 22.9 Å². The molecule has 0 saturated heterocycles. The number of hydrogen-bond donors (Lipinski definition) is 1. The molecule has 1 amide bonds. The summed E-state index contributed by atoms with van der Waals surface area (Å²) in [7, 11) is 0. The first kappa shape index (κ1) is 21.0. The second-order valence-electron chi connectivity index (χ2n) is 5.45. The van der Waals surface area contributed by atoms with E-state index in [1.54, 1.807) is 12.3 Å². The molecule has 0 saturated carbocycles. The molecule has 1 N–H and O–H groups in total. The van der Waals surface area contributed by atoms with Gasteiger partial charge in [-0.05, 0) is 25.1 Å². The van der Waals surface area contributed by atoms with Crippen molar-refractivity contribution in [1.82, 2.24) is 4.57 Å². The molecule has 0 radical (unpaired) electrons. The van der Waals surface area contributed by atoms with Crippen LogP contribution in [0.2, 0.25) is 5.02 Å². The predicted octanol–water partition coefficient (Wildman–Crippen LogP) is 3.46. The van der Waals surface area contributed by atoms with Gasteiger partial charge in [0.1, 0.15) is 0 Å². The minimum atomic E-state index is -4.59. The largest absolute Gasteiger partial charge is 0.456 e. The number of anilines is 1. The summed E-state index contributed by atoms with van der Waals surface area (Å²) in [4.78, 5) is 34.8. The van der Waals surface area contributed by atoms with E-state index in [0.717, 1.165) is 23.5 Å². The van der Waals surface area contributed by atoms with Gasteiger partial charge in [-0.3, -0.25) is 14.4 Å². The van der Waals surface area contributed by atoms with E-state index < -0.39 is 30.2 Å². The van der Waals surface area contributed by atoms with E-state index in [1.807, 2.05) is 0 Å². The molecule has 0 atom stereocenters. The predicted molar refractivity (Wildman–Crippen MR) is 94.0 cm³/mol. The minimum Gasteiger partial charge on any atom is -0.456 e. The third kappa shape index (κ3) is 5.83. The number of ether oxygens (including phenoxy) is 1. The highest BCUT2D eigenvalue weighted by atomic mass is 35.5. The molecule has 0 aliphatic heterocycles. The number of thiazole rings is 1. The van der Waals surface area contributed by atoms with Gasteiger partial charge in [0.2, 0.25) is 0 Å². The van der Waals surface area contributed by atoms with E-state index in [9.17, 15) is 27.6 Å². The van der Waals surface area contributed by atoms with Gasteiger partial charge in [-0.25, -0.2) is 0 Å². The SMILES string of the molecule is Cc1csc(=O)n1CCC(=O)OCC(=O)Nc1cc(C(F)(F)F)ccc1Cl. The third-order valence-electron chi connectivity index (χ3n) is 3.45. The summed E-state index contributed by atoms with van der Waals surface area (Å²) in [6, 6.07) is 2.48. The van der Waals surface area contributed by atoms with Gasteiger partial charge in [-0.2, -0.15) is 13.2 Å².